The first kappa shape index (κ1) is 16.6. The van der Waals surface area contributed by atoms with Crippen molar-refractivity contribution in [1.29, 1.82) is 0 Å². The molecule has 0 saturated carbocycles. The van der Waals surface area contributed by atoms with Gasteiger partial charge >= 0.3 is 5.69 Å². The lowest BCUT2D eigenvalue weighted by atomic mass is 9.99. The van der Waals surface area contributed by atoms with Gasteiger partial charge in [-0.25, -0.2) is 4.79 Å². The number of phenolic OH excluding ortho intramolecular Hbond substituents is 1. The van der Waals surface area contributed by atoms with Gasteiger partial charge in [-0.15, -0.1) is 0 Å². The van der Waals surface area contributed by atoms with Gasteiger partial charge in [-0.2, -0.15) is 5.10 Å². The molecular weight excluding hydrogens is 328 g/mol. The molecule has 25 heavy (non-hydrogen) atoms. The summed E-state index contributed by atoms with van der Waals surface area (Å²) in [6, 6.07) is 4.64. The molecule has 0 fully saturated rings. The Morgan fingerprint density at radius 1 is 1.24 bits per heavy atom. The maximum absolute atomic E-state index is 12.4. The molecule has 0 radical (unpaired) electrons. The van der Waals surface area contributed by atoms with E-state index in [2.05, 4.69) is 10.5 Å². The molecule has 1 aliphatic rings. The molecule has 1 aromatic heterocycles. The number of nitrogens with zero attached hydrogens (tertiary/aromatic N) is 3. The predicted molar refractivity (Wildman–Crippen MR) is 90.3 cm³/mol. The summed E-state index contributed by atoms with van der Waals surface area (Å²) < 4.78 is 7.01. The van der Waals surface area contributed by atoms with E-state index in [4.69, 9.17) is 4.74 Å². The highest BCUT2D eigenvalue weighted by molar-refractivity contribution is 6.03. The Morgan fingerprint density at radius 2 is 1.96 bits per heavy atom. The van der Waals surface area contributed by atoms with Crippen LogP contribution in [0.1, 0.15) is 23.6 Å². The Bertz CT molecular complexity index is 989. The minimum atomic E-state index is -0.613. The van der Waals surface area contributed by atoms with Gasteiger partial charge in [-0.1, -0.05) is 6.07 Å². The van der Waals surface area contributed by atoms with E-state index in [1.165, 1.54) is 27.3 Å². The molecule has 132 valence electrons. The Morgan fingerprint density at radius 3 is 2.64 bits per heavy atom. The highest BCUT2D eigenvalue weighted by atomic mass is 16.5. The lowest BCUT2D eigenvalue weighted by Crippen LogP contribution is -2.39. The van der Waals surface area contributed by atoms with Crippen molar-refractivity contribution in [2.45, 2.75) is 12.5 Å². The van der Waals surface area contributed by atoms with Crippen LogP contribution in [0.2, 0.25) is 0 Å². The van der Waals surface area contributed by atoms with Crippen molar-refractivity contribution in [2.75, 3.05) is 7.11 Å². The summed E-state index contributed by atoms with van der Waals surface area (Å²) in [6.07, 6.45) is 0.328. The molecule has 3 rings (SSSR count). The first-order chi connectivity index (χ1) is 11.8. The average molecular weight is 346 g/mol. The number of hydrogen-bond donors (Lipinski definition) is 3. The molecule has 0 unspecified atom stereocenters. The van der Waals surface area contributed by atoms with E-state index in [9.17, 15) is 19.8 Å². The van der Waals surface area contributed by atoms with E-state index in [0.717, 1.165) is 14.7 Å². The Kier molecular flexibility index (Phi) is 3.99. The third kappa shape index (κ3) is 2.63. The summed E-state index contributed by atoms with van der Waals surface area (Å²) in [4.78, 5) is 24.2. The molecule has 9 heteroatoms. The quantitative estimate of drug-likeness (QED) is 0.717. The van der Waals surface area contributed by atoms with Crippen LogP contribution in [0.25, 0.3) is 0 Å². The van der Waals surface area contributed by atoms with Crippen LogP contribution < -0.4 is 21.4 Å². The molecule has 0 spiro atoms. The zero-order valence-electron chi connectivity index (χ0n) is 14.0. The van der Waals surface area contributed by atoms with Gasteiger partial charge < -0.3 is 20.4 Å². The van der Waals surface area contributed by atoms with E-state index in [0.29, 0.717) is 17.9 Å². The minimum Gasteiger partial charge on any atom is -0.504 e. The molecule has 0 aliphatic carbocycles. The molecule has 2 aromatic rings. The number of methoxy groups -OCH3 is 1. The lowest BCUT2D eigenvalue weighted by molar-refractivity contribution is 0.372. The summed E-state index contributed by atoms with van der Waals surface area (Å²) in [6.45, 7) is 0. The third-order valence-corrected chi connectivity index (χ3v) is 4.28. The predicted octanol–water partition coefficient (Wildman–Crippen LogP) is -0.0575. The van der Waals surface area contributed by atoms with Crippen molar-refractivity contribution in [3.8, 4) is 17.4 Å². The molecule has 1 aliphatic heterocycles. The Hall–Kier alpha value is -3.23. The number of ether oxygens (including phenoxy) is 1. The van der Waals surface area contributed by atoms with Crippen molar-refractivity contribution in [1.82, 2.24) is 14.6 Å². The molecule has 0 amide bonds. The van der Waals surface area contributed by atoms with Gasteiger partial charge in [0.2, 0.25) is 5.88 Å². The summed E-state index contributed by atoms with van der Waals surface area (Å²) >= 11 is 0. The monoisotopic (exact) mass is 346 g/mol. The van der Waals surface area contributed by atoms with Crippen molar-refractivity contribution in [3.63, 3.8) is 0 Å². The van der Waals surface area contributed by atoms with Crippen LogP contribution >= 0.6 is 0 Å². The highest BCUT2D eigenvalue weighted by Gasteiger charge is 2.28. The highest BCUT2D eigenvalue weighted by Crippen LogP contribution is 2.32. The van der Waals surface area contributed by atoms with Crippen LogP contribution in [0.5, 0.6) is 17.4 Å². The smallest absolute Gasteiger partial charge is 0.333 e. The van der Waals surface area contributed by atoms with Crippen LogP contribution in [0.15, 0.2) is 32.9 Å². The number of rotatable bonds is 3. The SMILES string of the molecule is COc1cc([C@@H]2CC(c3c(O)n(C)c(=O)n(C)c3=O)=NN2)ccc1O. The van der Waals surface area contributed by atoms with E-state index < -0.39 is 17.1 Å². The van der Waals surface area contributed by atoms with Crippen molar-refractivity contribution < 1.29 is 14.9 Å². The maximum Gasteiger partial charge on any atom is 0.333 e. The van der Waals surface area contributed by atoms with E-state index in [1.54, 1.807) is 12.1 Å². The molecule has 2 heterocycles. The second-order valence-electron chi connectivity index (χ2n) is 5.78. The average Bonchev–Trinajstić information content (AvgIpc) is 3.08. The van der Waals surface area contributed by atoms with Crippen LogP contribution in [0.4, 0.5) is 0 Å². The zero-order chi connectivity index (χ0) is 18.3. The number of aromatic nitrogens is 2. The molecule has 1 aromatic carbocycles. The molecule has 1 atom stereocenters. The molecular formula is C16H18N4O5. The number of aromatic hydroxyl groups is 2. The second kappa shape index (κ2) is 6.00. The number of hydrogen-bond acceptors (Lipinski definition) is 7. The van der Waals surface area contributed by atoms with Crippen LogP contribution in [0, 0.1) is 0 Å². The molecule has 9 nitrogen and oxygen atoms in total. The van der Waals surface area contributed by atoms with Gasteiger partial charge in [0.05, 0.1) is 18.9 Å². The van der Waals surface area contributed by atoms with Crippen LogP contribution in [0.3, 0.4) is 0 Å². The molecule has 3 N–H and O–H groups in total. The number of phenols is 1. The first-order valence-corrected chi connectivity index (χ1v) is 7.53. The van der Waals surface area contributed by atoms with Gasteiger partial charge in [-0.05, 0) is 17.7 Å². The van der Waals surface area contributed by atoms with Crippen LogP contribution in [-0.4, -0.2) is 32.2 Å². The summed E-state index contributed by atoms with van der Waals surface area (Å²) in [5.41, 5.74) is 2.83. The fourth-order valence-electron chi connectivity index (χ4n) is 2.79. The van der Waals surface area contributed by atoms with Crippen LogP contribution in [-0.2, 0) is 14.1 Å². The van der Waals surface area contributed by atoms with E-state index in [-0.39, 0.29) is 17.4 Å². The van der Waals surface area contributed by atoms with E-state index >= 15 is 0 Å². The Labute approximate surface area is 142 Å². The number of benzene rings is 1. The standard InChI is InChI=1S/C16H18N4O5/c1-19-14(22)13(15(23)20(2)16(19)24)10-7-9(17-18-10)8-4-5-11(21)12(6-8)25-3/h4-6,9,17,21-22H,7H2,1-3H3/t9-/m0/s1. The van der Waals surface area contributed by atoms with Gasteiger partial charge in [0.25, 0.3) is 5.56 Å². The normalized spacial score (nSPS) is 16.4. The fourth-order valence-corrected chi connectivity index (χ4v) is 2.79. The van der Waals surface area contributed by atoms with Crippen molar-refractivity contribution in [3.05, 3.63) is 50.2 Å². The number of nitrogens with one attached hydrogen (secondary N) is 1. The lowest BCUT2D eigenvalue weighted by Gasteiger charge is -2.13. The second-order valence-corrected chi connectivity index (χ2v) is 5.78. The van der Waals surface area contributed by atoms with Crippen molar-refractivity contribution >= 4 is 5.71 Å². The van der Waals surface area contributed by atoms with Gasteiger partial charge in [-0.3, -0.25) is 13.9 Å². The van der Waals surface area contributed by atoms with Gasteiger partial charge in [0.1, 0.15) is 5.56 Å². The Balaban J connectivity index is 1.97. The zero-order valence-corrected chi connectivity index (χ0v) is 14.0. The maximum atomic E-state index is 12.4. The topological polar surface area (TPSA) is 118 Å². The minimum absolute atomic E-state index is 0.00894. The van der Waals surface area contributed by atoms with Gasteiger partial charge in [0, 0.05) is 20.5 Å². The first-order valence-electron chi connectivity index (χ1n) is 7.53. The fraction of sp³-hybridized carbons (Fsp3) is 0.312. The third-order valence-electron chi connectivity index (χ3n) is 4.28. The largest absolute Gasteiger partial charge is 0.504 e. The number of hydrazone groups is 1. The summed E-state index contributed by atoms with van der Waals surface area (Å²) in [7, 11) is 4.18. The summed E-state index contributed by atoms with van der Waals surface area (Å²) in [5.74, 6) is -0.0684. The molecule has 0 bridgehead atoms. The molecule has 0 saturated heterocycles. The van der Waals surface area contributed by atoms with Crippen molar-refractivity contribution in [2.24, 2.45) is 19.2 Å². The van der Waals surface area contributed by atoms with Gasteiger partial charge in [0.15, 0.2) is 11.5 Å². The summed E-state index contributed by atoms with van der Waals surface area (Å²) in [5, 5.41) is 24.0. The van der Waals surface area contributed by atoms with E-state index in [1.807, 2.05) is 0 Å².